The highest BCUT2D eigenvalue weighted by Crippen LogP contribution is 2.31. The van der Waals surface area contributed by atoms with E-state index < -0.39 is 0 Å². The van der Waals surface area contributed by atoms with Crippen LogP contribution in [-0.2, 0) is 12.8 Å². The molecule has 0 fully saturated rings. The Hall–Kier alpha value is -2.16. The number of benzene rings is 2. The Kier molecular flexibility index (Phi) is 3.95. The summed E-state index contributed by atoms with van der Waals surface area (Å²) in [6, 6.07) is 13.0. The van der Waals surface area contributed by atoms with Gasteiger partial charge < -0.3 is 0 Å². The Morgan fingerprint density at radius 3 is 2.32 bits per heavy atom. The fraction of sp³-hybridized carbons (Fsp3) is 0.250. The molecule has 0 amide bonds. The average Bonchev–Trinajstić information content (AvgIpc) is 2.46. The first-order valence-corrected chi connectivity index (χ1v) is 6.53. The van der Waals surface area contributed by atoms with Crippen molar-refractivity contribution in [3.63, 3.8) is 0 Å². The highest BCUT2D eigenvalue weighted by atomic mass is 16.6. The van der Waals surface area contributed by atoms with Crippen molar-refractivity contribution in [2.45, 2.75) is 26.7 Å². The Balaban J connectivity index is 2.56. The molecule has 19 heavy (non-hydrogen) atoms. The highest BCUT2D eigenvalue weighted by molar-refractivity contribution is 5.74. The number of hydrogen-bond donors (Lipinski definition) is 0. The SMILES string of the molecule is CCc1ccc(-c2ccccc2[N+](=O)[O-])cc1CC. The second-order valence-electron chi connectivity index (χ2n) is 4.46. The number of nitro groups is 1. The quantitative estimate of drug-likeness (QED) is 0.600. The molecule has 0 saturated heterocycles. The summed E-state index contributed by atoms with van der Waals surface area (Å²) in [4.78, 5) is 10.8. The summed E-state index contributed by atoms with van der Waals surface area (Å²) >= 11 is 0. The van der Waals surface area contributed by atoms with Gasteiger partial charge in [0.05, 0.1) is 10.5 Å². The molecule has 0 unspecified atom stereocenters. The largest absolute Gasteiger partial charge is 0.277 e. The first-order valence-electron chi connectivity index (χ1n) is 6.53. The van der Waals surface area contributed by atoms with Crippen LogP contribution in [0.25, 0.3) is 11.1 Å². The third-order valence-electron chi connectivity index (χ3n) is 3.38. The fourth-order valence-electron chi connectivity index (χ4n) is 2.34. The smallest absolute Gasteiger partial charge is 0.258 e. The summed E-state index contributed by atoms with van der Waals surface area (Å²) in [6.07, 6.45) is 1.93. The van der Waals surface area contributed by atoms with Gasteiger partial charge in [0.25, 0.3) is 5.69 Å². The summed E-state index contributed by atoms with van der Waals surface area (Å²) in [7, 11) is 0. The van der Waals surface area contributed by atoms with Gasteiger partial charge in [-0.1, -0.05) is 44.2 Å². The monoisotopic (exact) mass is 255 g/mol. The van der Waals surface area contributed by atoms with Gasteiger partial charge in [-0.05, 0) is 35.6 Å². The van der Waals surface area contributed by atoms with Gasteiger partial charge in [0, 0.05) is 6.07 Å². The average molecular weight is 255 g/mol. The third kappa shape index (κ3) is 2.65. The molecule has 3 nitrogen and oxygen atoms in total. The predicted molar refractivity (Wildman–Crippen MR) is 77.3 cm³/mol. The van der Waals surface area contributed by atoms with E-state index >= 15 is 0 Å². The number of nitrogens with zero attached hydrogens (tertiary/aromatic N) is 1. The maximum atomic E-state index is 11.1. The minimum absolute atomic E-state index is 0.161. The van der Waals surface area contributed by atoms with Gasteiger partial charge >= 0.3 is 0 Å². The van der Waals surface area contributed by atoms with Crippen molar-refractivity contribution in [2.24, 2.45) is 0 Å². The van der Waals surface area contributed by atoms with Crippen LogP contribution in [0.2, 0.25) is 0 Å². The molecule has 0 aliphatic rings. The number of nitro benzene ring substituents is 1. The molecule has 0 bridgehead atoms. The van der Waals surface area contributed by atoms with E-state index in [1.807, 2.05) is 12.1 Å². The summed E-state index contributed by atoms with van der Waals surface area (Å²) < 4.78 is 0. The lowest BCUT2D eigenvalue weighted by Crippen LogP contribution is -1.94. The Morgan fingerprint density at radius 2 is 1.68 bits per heavy atom. The molecule has 2 aromatic carbocycles. The Labute approximate surface area is 113 Å². The van der Waals surface area contributed by atoms with E-state index in [4.69, 9.17) is 0 Å². The van der Waals surface area contributed by atoms with Crippen LogP contribution in [0.1, 0.15) is 25.0 Å². The molecule has 3 heteroatoms. The zero-order chi connectivity index (χ0) is 13.8. The van der Waals surface area contributed by atoms with E-state index in [1.165, 1.54) is 11.1 Å². The van der Waals surface area contributed by atoms with E-state index in [0.29, 0.717) is 5.56 Å². The Bertz CT molecular complexity index is 605. The van der Waals surface area contributed by atoms with Crippen LogP contribution >= 0.6 is 0 Å². The zero-order valence-electron chi connectivity index (χ0n) is 11.2. The number of para-hydroxylation sites is 1. The van der Waals surface area contributed by atoms with Crippen LogP contribution in [0.5, 0.6) is 0 Å². The topological polar surface area (TPSA) is 43.1 Å². The summed E-state index contributed by atoms with van der Waals surface area (Å²) in [5.41, 5.74) is 4.34. The van der Waals surface area contributed by atoms with E-state index in [0.717, 1.165) is 18.4 Å². The van der Waals surface area contributed by atoms with Gasteiger partial charge in [-0.3, -0.25) is 10.1 Å². The number of rotatable bonds is 4. The molecule has 98 valence electrons. The predicted octanol–water partition coefficient (Wildman–Crippen LogP) is 4.39. The van der Waals surface area contributed by atoms with E-state index in [2.05, 4.69) is 26.0 Å². The number of aryl methyl sites for hydroxylation is 2. The summed E-state index contributed by atoms with van der Waals surface area (Å²) in [5.74, 6) is 0. The fourth-order valence-corrected chi connectivity index (χ4v) is 2.34. The van der Waals surface area contributed by atoms with Gasteiger partial charge in [-0.15, -0.1) is 0 Å². The lowest BCUT2D eigenvalue weighted by Gasteiger charge is -2.09. The van der Waals surface area contributed by atoms with Gasteiger partial charge in [-0.2, -0.15) is 0 Å². The van der Waals surface area contributed by atoms with Crippen LogP contribution in [-0.4, -0.2) is 4.92 Å². The molecule has 0 radical (unpaired) electrons. The van der Waals surface area contributed by atoms with Crippen molar-refractivity contribution in [2.75, 3.05) is 0 Å². The van der Waals surface area contributed by atoms with E-state index in [9.17, 15) is 10.1 Å². The molecule has 0 heterocycles. The molecular weight excluding hydrogens is 238 g/mol. The van der Waals surface area contributed by atoms with Crippen molar-refractivity contribution in [1.29, 1.82) is 0 Å². The second kappa shape index (κ2) is 5.65. The minimum atomic E-state index is -0.325. The molecule has 0 spiro atoms. The van der Waals surface area contributed by atoms with Crippen molar-refractivity contribution >= 4 is 5.69 Å². The molecule has 2 rings (SSSR count). The van der Waals surface area contributed by atoms with Gasteiger partial charge in [0.15, 0.2) is 0 Å². The van der Waals surface area contributed by atoms with Crippen molar-refractivity contribution in [3.8, 4) is 11.1 Å². The van der Waals surface area contributed by atoms with Gasteiger partial charge in [0.1, 0.15) is 0 Å². The minimum Gasteiger partial charge on any atom is -0.258 e. The van der Waals surface area contributed by atoms with Crippen LogP contribution in [0, 0.1) is 10.1 Å². The normalized spacial score (nSPS) is 10.4. The van der Waals surface area contributed by atoms with Gasteiger partial charge in [0.2, 0.25) is 0 Å². The van der Waals surface area contributed by atoms with E-state index in [-0.39, 0.29) is 10.6 Å². The maximum absolute atomic E-state index is 11.1. The molecular formula is C16H17NO2. The number of hydrogen-bond acceptors (Lipinski definition) is 2. The molecule has 0 N–H and O–H groups in total. The van der Waals surface area contributed by atoms with Crippen molar-refractivity contribution in [1.82, 2.24) is 0 Å². The highest BCUT2D eigenvalue weighted by Gasteiger charge is 2.14. The second-order valence-corrected chi connectivity index (χ2v) is 4.46. The van der Waals surface area contributed by atoms with Gasteiger partial charge in [-0.25, -0.2) is 0 Å². The van der Waals surface area contributed by atoms with Crippen LogP contribution in [0.4, 0.5) is 5.69 Å². The van der Waals surface area contributed by atoms with E-state index in [1.54, 1.807) is 18.2 Å². The summed E-state index contributed by atoms with van der Waals surface area (Å²) in [6.45, 7) is 4.23. The first-order chi connectivity index (χ1) is 9.17. The van der Waals surface area contributed by atoms with Crippen molar-refractivity contribution in [3.05, 3.63) is 63.7 Å². The van der Waals surface area contributed by atoms with Crippen LogP contribution in [0.15, 0.2) is 42.5 Å². The van der Waals surface area contributed by atoms with Crippen molar-refractivity contribution < 1.29 is 4.92 Å². The van der Waals surface area contributed by atoms with Crippen LogP contribution in [0.3, 0.4) is 0 Å². The molecule has 2 aromatic rings. The lowest BCUT2D eigenvalue weighted by atomic mass is 9.96. The molecule has 0 atom stereocenters. The standard InChI is InChI=1S/C16H17NO2/c1-3-12-9-10-14(11-13(12)4-2)15-7-5-6-8-16(15)17(18)19/h5-11H,3-4H2,1-2H3. The maximum Gasteiger partial charge on any atom is 0.277 e. The summed E-state index contributed by atoms with van der Waals surface area (Å²) in [5, 5.41) is 11.1. The molecule has 0 aromatic heterocycles. The molecule has 0 aliphatic heterocycles. The molecule has 0 aliphatic carbocycles. The third-order valence-corrected chi connectivity index (χ3v) is 3.38. The zero-order valence-corrected chi connectivity index (χ0v) is 11.2. The lowest BCUT2D eigenvalue weighted by molar-refractivity contribution is -0.384. The molecule has 0 saturated carbocycles. The van der Waals surface area contributed by atoms with Crippen LogP contribution < -0.4 is 0 Å². The first kappa shape index (κ1) is 13.3. The Morgan fingerprint density at radius 1 is 1.00 bits per heavy atom.